The minimum absolute atomic E-state index is 0.156. The van der Waals surface area contributed by atoms with E-state index in [1.165, 1.54) is 0 Å². The number of nitrogens with one attached hydrogen (secondary N) is 1. The van der Waals surface area contributed by atoms with Crippen LogP contribution in [0.1, 0.15) is 0 Å². The minimum atomic E-state index is -0.156. The number of nitrogens with zero attached hydrogens (tertiary/aromatic N) is 1. The molecule has 1 N–H and O–H groups in total. The van der Waals surface area contributed by atoms with Crippen LogP contribution in [0.3, 0.4) is 0 Å². The van der Waals surface area contributed by atoms with Gasteiger partial charge in [0, 0.05) is 10.8 Å². The standard InChI is InChI=1S/C13H8N2O2/c16-13-9-5-2-1-4-8(9)12-10(14-13)6-3-7-11(12)15-17/h1-7H,(H,14,16). The summed E-state index contributed by atoms with van der Waals surface area (Å²) in [6.07, 6.45) is 0. The van der Waals surface area contributed by atoms with E-state index in [4.69, 9.17) is 0 Å². The van der Waals surface area contributed by atoms with Crippen LogP contribution in [0.25, 0.3) is 21.7 Å². The number of fused-ring (bicyclic) bond motifs is 3. The largest absolute Gasteiger partial charge is 0.321 e. The zero-order valence-electron chi connectivity index (χ0n) is 8.81. The van der Waals surface area contributed by atoms with E-state index in [9.17, 15) is 9.70 Å². The lowest BCUT2D eigenvalue weighted by molar-refractivity contribution is 1.34. The van der Waals surface area contributed by atoms with Gasteiger partial charge in [0.2, 0.25) is 0 Å². The van der Waals surface area contributed by atoms with Gasteiger partial charge in [0.15, 0.2) is 0 Å². The number of aromatic nitrogens is 1. The highest BCUT2D eigenvalue weighted by atomic mass is 16.3. The molecule has 0 aliphatic carbocycles. The van der Waals surface area contributed by atoms with Gasteiger partial charge in [0.05, 0.1) is 5.52 Å². The van der Waals surface area contributed by atoms with Crippen molar-refractivity contribution in [3.63, 3.8) is 0 Å². The summed E-state index contributed by atoms with van der Waals surface area (Å²) >= 11 is 0. The summed E-state index contributed by atoms with van der Waals surface area (Å²) in [6.45, 7) is 0. The van der Waals surface area contributed by atoms with Crippen molar-refractivity contribution in [3.05, 3.63) is 57.7 Å². The fourth-order valence-electron chi connectivity index (χ4n) is 2.09. The topological polar surface area (TPSA) is 62.3 Å². The molecule has 0 saturated heterocycles. The number of pyridine rings is 1. The van der Waals surface area contributed by atoms with Gasteiger partial charge in [-0.05, 0) is 28.8 Å². The van der Waals surface area contributed by atoms with Gasteiger partial charge in [0.1, 0.15) is 5.69 Å². The number of aromatic amines is 1. The third-order valence-corrected chi connectivity index (χ3v) is 2.83. The van der Waals surface area contributed by atoms with E-state index >= 15 is 0 Å². The second kappa shape index (κ2) is 3.52. The Balaban J connectivity index is 2.70. The lowest BCUT2D eigenvalue weighted by atomic mass is 10.1. The molecule has 3 rings (SSSR count). The van der Waals surface area contributed by atoms with Gasteiger partial charge >= 0.3 is 0 Å². The molecule has 1 aromatic heterocycles. The van der Waals surface area contributed by atoms with Gasteiger partial charge in [-0.2, -0.15) is 0 Å². The lowest BCUT2D eigenvalue weighted by Crippen LogP contribution is -2.05. The quantitative estimate of drug-likeness (QED) is 0.510. The van der Waals surface area contributed by atoms with Crippen LogP contribution < -0.4 is 5.56 Å². The van der Waals surface area contributed by atoms with E-state index in [1.807, 2.05) is 12.1 Å². The van der Waals surface area contributed by atoms with Crippen molar-refractivity contribution in [2.24, 2.45) is 5.18 Å². The zero-order valence-corrected chi connectivity index (χ0v) is 8.81. The van der Waals surface area contributed by atoms with Crippen molar-refractivity contribution in [3.8, 4) is 0 Å². The lowest BCUT2D eigenvalue weighted by Gasteiger charge is -2.04. The van der Waals surface area contributed by atoms with E-state index < -0.39 is 0 Å². The maximum absolute atomic E-state index is 11.8. The van der Waals surface area contributed by atoms with Crippen molar-refractivity contribution in [1.29, 1.82) is 0 Å². The predicted octanol–water partition coefficient (Wildman–Crippen LogP) is 3.08. The van der Waals surface area contributed by atoms with Gasteiger partial charge < -0.3 is 4.98 Å². The van der Waals surface area contributed by atoms with Crippen LogP contribution >= 0.6 is 0 Å². The second-order valence-electron chi connectivity index (χ2n) is 3.79. The Morgan fingerprint density at radius 3 is 2.47 bits per heavy atom. The maximum atomic E-state index is 11.8. The molecular weight excluding hydrogens is 216 g/mol. The molecule has 4 heteroatoms. The Labute approximate surface area is 95.9 Å². The summed E-state index contributed by atoms with van der Waals surface area (Å²) in [5, 5.41) is 5.02. The Hall–Kier alpha value is -2.49. The average molecular weight is 224 g/mol. The summed E-state index contributed by atoms with van der Waals surface area (Å²) in [7, 11) is 0. The van der Waals surface area contributed by atoms with Crippen molar-refractivity contribution in [1.82, 2.24) is 4.98 Å². The first kappa shape index (κ1) is 9.72. The molecular formula is C13H8N2O2. The van der Waals surface area contributed by atoms with Crippen molar-refractivity contribution < 1.29 is 0 Å². The van der Waals surface area contributed by atoms with Gasteiger partial charge in [0.25, 0.3) is 5.56 Å². The number of hydrogen-bond donors (Lipinski definition) is 1. The summed E-state index contributed by atoms with van der Waals surface area (Å²) in [5.74, 6) is 0. The average Bonchev–Trinajstić information content (AvgIpc) is 2.38. The Morgan fingerprint density at radius 2 is 1.71 bits per heavy atom. The van der Waals surface area contributed by atoms with Gasteiger partial charge in [-0.3, -0.25) is 4.79 Å². The third kappa shape index (κ3) is 1.34. The molecule has 4 nitrogen and oxygen atoms in total. The summed E-state index contributed by atoms with van der Waals surface area (Å²) in [4.78, 5) is 25.4. The smallest absolute Gasteiger partial charge is 0.256 e. The summed E-state index contributed by atoms with van der Waals surface area (Å²) in [5.41, 5.74) is 0.817. The molecule has 0 atom stereocenters. The van der Waals surface area contributed by atoms with Gasteiger partial charge in [-0.1, -0.05) is 24.3 Å². The third-order valence-electron chi connectivity index (χ3n) is 2.83. The van der Waals surface area contributed by atoms with Gasteiger partial charge in [-0.15, -0.1) is 4.91 Å². The van der Waals surface area contributed by atoms with E-state index in [0.29, 0.717) is 22.0 Å². The number of rotatable bonds is 1. The highest BCUT2D eigenvalue weighted by Crippen LogP contribution is 2.29. The molecule has 0 saturated carbocycles. The monoisotopic (exact) mass is 224 g/mol. The first-order valence-corrected chi connectivity index (χ1v) is 5.18. The molecule has 0 bridgehead atoms. The molecule has 0 fully saturated rings. The van der Waals surface area contributed by atoms with Crippen molar-refractivity contribution in [2.75, 3.05) is 0 Å². The zero-order chi connectivity index (χ0) is 11.8. The number of H-pyrrole nitrogens is 1. The van der Waals surface area contributed by atoms with Crippen LogP contribution in [-0.2, 0) is 0 Å². The molecule has 3 aromatic rings. The first-order chi connectivity index (χ1) is 8.31. The fraction of sp³-hybridized carbons (Fsp3) is 0. The number of benzene rings is 2. The minimum Gasteiger partial charge on any atom is -0.321 e. The van der Waals surface area contributed by atoms with Crippen LogP contribution in [0.15, 0.2) is 52.4 Å². The highest BCUT2D eigenvalue weighted by Gasteiger charge is 2.08. The molecule has 0 aliphatic heterocycles. The SMILES string of the molecule is O=Nc1cccc2[nH]c(=O)c3ccccc3c12. The number of hydrogen-bond acceptors (Lipinski definition) is 3. The molecule has 0 aliphatic rings. The summed E-state index contributed by atoms with van der Waals surface area (Å²) < 4.78 is 0. The normalized spacial score (nSPS) is 10.8. The predicted molar refractivity (Wildman–Crippen MR) is 67.5 cm³/mol. The van der Waals surface area contributed by atoms with E-state index in [-0.39, 0.29) is 5.56 Å². The fourth-order valence-corrected chi connectivity index (χ4v) is 2.09. The second-order valence-corrected chi connectivity index (χ2v) is 3.79. The summed E-state index contributed by atoms with van der Waals surface area (Å²) in [6, 6.07) is 12.3. The molecule has 0 radical (unpaired) electrons. The van der Waals surface area contributed by atoms with Crippen LogP contribution in [-0.4, -0.2) is 4.98 Å². The highest BCUT2D eigenvalue weighted by molar-refractivity contribution is 6.10. The molecule has 0 spiro atoms. The molecule has 17 heavy (non-hydrogen) atoms. The molecule has 82 valence electrons. The Kier molecular flexibility index (Phi) is 2.01. The van der Waals surface area contributed by atoms with Crippen LogP contribution in [0, 0.1) is 4.91 Å². The van der Waals surface area contributed by atoms with Crippen LogP contribution in [0.5, 0.6) is 0 Å². The van der Waals surface area contributed by atoms with E-state index in [2.05, 4.69) is 10.2 Å². The molecule has 2 aromatic carbocycles. The van der Waals surface area contributed by atoms with Crippen molar-refractivity contribution in [2.45, 2.75) is 0 Å². The van der Waals surface area contributed by atoms with Crippen LogP contribution in [0.2, 0.25) is 0 Å². The Bertz CT molecular complexity index is 790. The maximum Gasteiger partial charge on any atom is 0.256 e. The molecule has 0 amide bonds. The Morgan fingerprint density at radius 1 is 0.941 bits per heavy atom. The first-order valence-electron chi connectivity index (χ1n) is 5.18. The van der Waals surface area contributed by atoms with Gasteiger partial charge in [-0.25, -0.2) is 0 Å². The van der Waals surface area contributed by atoms with Crippen molar-refractivity contribution >= 4 is 27.4 Å². The van der Waals surface area contributed by atoms with Crippen LogP contribution in [0.4, 0.5) is 5.69 Å². The molecule has 0 unspecified atom stereocenters. The molecule has 1 heterocycles. The number of nitroso groups, excluding NO2 is 1. The van der Waals surface area contributed by atoms with E-state index in [1.54, 1.807) is 30.3 Å². The van der Waals surface area contributed by atoms with E-state index in [0.717, 1.165) is 5.39 Å².